The highest BCUT2D eigenvalue weighted by Crippen LogP contribution is 2.20. The highest BCUT2D eigenvalue weighted by Gasteiger charge is 2.02. The highest BCUT2D eigenvalue weighted by molar-refractivity contribution is 9.10. The summed E-state index contributed by atoms with van der Waals surface area (Å²) in [6.45, 7) is 4.51. The fraction of sp³-hybridized carbons (Fsp3) is 0.571. The van der Waals surface area contributed by atoms with Crippen LogP contribution in [0.3, 0.4) is 0 Å². The van der Waals surface area contributed by atoms with E-state index in [1.54, 1.807) is 5.56 Å². The second-order valence-corrected chi connectivity index (χ2v) is 5.04. The molecule has 0 saturated carbocycles. The Hall–Kier alpha value is -0.300. The summed E-state index contributed by atoms with van der Waals surface area (Å²) >= 11 is 3.55. The SMILES string of the molecule is CCCCCc1ccc(Br)cc1CCC. The quantitative estimate of drug-likeness (QED) is 0.628. The van der Waals surface area contributed by atoms with E-state index in [0.29, 0.717) is 0 Å². The minimum Gasteiger partial charge on any atom is -0.0654 e. The largest absolute Gasteiger partial charge is 0.0654 e. The van der Waals surface area contributed by atoms with Crippen LogP contribution in [0, 0.1) is 0 Å². The molecule has 0 saturated heterocycles. The third kappa shape index (κ3) is 4.38. The molecule has 0 fully saturated rings. The van der Waals surface area contributed by atoms with E-state index in [-0.39, 0.29) is 0 Å². The first-order valence-electron chi connectivity index (χ1n) is 6.05. The molecular formula is C14H21Br. The molecule has 1 aromatic carbocycles. The number of benzene rings is 1. The Morgan fingerprint density at radius 1 is 0.933 bits per heavy atom. The molecule has 0 amide bonds. The zero-order chi connectivity index (χ0) is 11.1. The molecule has 0 aliphatic rings. The molecule has 84 valence electrons. The van der Waals surface area contributed by atoms with Crippen molar-refractivity contribution in [2.24, 2.45) is 0 Å². The van der Waals surface area contributed by atoms with Gasteiger partial charge in [0.05, 0.1) is 0 Å². The van der Waals surface area contributed by atoms with Crippen LogP contribution in [-0.4, -0.2) is 0 Å². The van der Waals surface area contributed by atoms with Gasteiger partial charge in [0.2, 0.25) is 0 Å². The van der Waals surface area contributed by atoms with Crippen molar-refractivity contribution < 1.29 is 0 Å². The number of hydrogen-bond donors (Lipinski definition) is 0. The summed E-state index contributed by atoms with van der Waals surface area (Å²) < 4.78 is 1.21. The van der Waals surface area contributed by atoms with Gasteiger partial charge >= 0.3 is 0 Å². The van der Waals surface area contributed by atoms with E-state index in [1.807, 2.05) is 0 Å². The number of aryl methyl sites for hydroxylation is 2. The van der Waals surface area contributed by atoms with Gasteiger partial charge in [0.25, 0.3) is 0 Å². The lowest BCUT2D eigenvalue weighted by Crippen LogP contribution is -1.94. The Kier molecular flexibility index (Phi) is 6.00. The molecule has 1 rings (SSSR count). The van der Waals surface area contributed by atoms with E-state index < -0.39 is 0 Å². The number of hydrogen-bond acceptors (Lipinski definition) is 0. The summed E-state index contributed by atoms with van der Waals surface area (Å²) in [7, 11) is 0. The molecule has 15 heavy (non-hydrogen) atoms. The number of rotatable bonds is 6. The Balaban J connectivity index is 2.67. The van der Waals surface area contributed by atoms with Crippen molar-refractivity contribution in [3.63, 3.8) is 0 Å². The zero-order valence-corrected chi connectivity index (χ0v) is 11.4. The van der Waals surface area contributed by atoms with Crippen LogP contribution in [0.1, 0.15) is 50.7 Å². The van der Waals surface area contributed by atoms with E-state index in [1.165, 1.54) is 48.6 Å². The van der Waals surface area contributed by atoms with Gasteiger partial charge in [-0.15, -0.1) is 0 Å². The van der Waals surface area contributed by atoms with Gasteiger partial charge in [-0.1, -0.05) is 55.1 Å². The van der Waals surface area contributed by atoms with Crippen molar-refractivity contribution in [3.05, 3.63) is 33.8 Å². The van der Waals surface area contributed by atoms with Crippen LogP contribution in [0.15, 0.2) is 22.7 Å². The molecule has 0 atom stereocenters. The zero-order valence-electron chi connectivity index (χ0n) is 9.85. The lowest BCUT2D eigenvalue weighted by Gasteiger charge is -2.09. The predicted molar refractivity (Wildman–Crippen MR) is 71.4 cm³/mol. The Morgan fingerprint density at radius 2 is 1.73 bits per heavy atom. The third-order valence-electron chi connectivity index (χ3n) is 2.74. The minimum absolute atomic E-state index is 1.21. The van der Waals surface area contributed by atoms with Crippen LogP contribution in [0.5, 0.6) is 0 Å². The monoisotopic (exact) mass is 268 g/mol. The van der Waals surface area contributed by atoms with Crippen LogP contribution in [-0.2, 0) is 12.8 Å². The van der Waals surface area contributed by atoms with Crippen LogP contribution < -0.4 is 0 Å². The maximum Gasteiger partial charge on any atom is 0.0178 e. The molecule has 0 N–H and O–H groups in total. The molecule has 0 heterocycles. The molecule has 0 radical (unpaired) electrons. The van der Waals surface area contributed by atoms with E-state index in [9.17, 15) is 0 Å². The second-order valence-electron chi connectivity index (χ2n) is 4.12. The van der Waals surface area contributed by atoms with Crippen molar-refractivity contribution >= 4 is 15.9 Å². The Morgan fingerprint density at radius 3 is 2.40 bits per heavy atom. The van der Waals surface area contributed by atoms with Crippen molar-refractivity contribution in [2.45, 2.75) is 52.4 Å². The first-order chi connectivity index (χ1) is 7.27. The van der Waals surface area contributed by atoms with Crippen LogP contribution in [0.4, 0.5) is 0 Å². The summed E-state index contributed by atoms with van der Waals surface area (Å²) in [6.07, 6.45) is 7.67. The summed E-state index contributed by atoms with van der Waals surface area (Å²) in [6, 6.07) is 6.73. The second kappa shape index (κ2) is 7.05. The van der Waals surface area contributed by atoms with Gasteiger partial charge in [-0.05, 0) is 42.5 Å². The van der Waals surface area contributed by atoms with Gasteiger partial charge < -0.3 is 0 Å². The highest BCUT2D eigenvalue weighted by atomic mass is 79.9. The fourth-order valence-corrected chi connectivity index (χ4v) is 2.31. The standard InChI is InChI=1S/C14H21Br/c1-3-5-6-8-12-9-10-14(15)11-13(12)7-4-2/h9-11H,3-8H2,1-2H3. The molecule has 1 heteroatoms. The van der Waals surface area contributed by atoms with Crippen LogP contribution in [0.25, 0.3) is 0 Å². The van der Waals surface area contributed by atoms with Gasteiger partial charge in [-0.3, -0.25) is 0 Å². The van der Waals surface area contributed by atoms with Gasteiger partial charge in [0.15, 0.2) is 0 Å². The summed E-state index contributed by atoms with van der Waals surface area (Å²) in [5.41, 5.74) is 3.08. The average molecular weight is 269 g/mol. The van der Waals surface area contributed by atoms with Crippen LogP contribution >= 0.6 is 15.9 Å². The molecule has 0 aromatic heterocycles. The molecule has 0 unspecified atom stereocenters. The van der Waals surface area contributed by atoms with Gasteiger partial charge in [-0.25, -0.2) is 0 Å². The predicted octanol–water partition coefficient (Wildman–Crippen LogP) is 5.13. The molecule has 0 bridgehead atoms. The van der Waals surface area contributed by atoms with Gasteiger partial charge in [0, 0.05) is 4.47 Å². The minimum atomic E-state index is 1.21. The molecule has 0 aliphatic carbocycles. The average Bonchev–Trinajstić information content (AvgIpc) is 2.22. The number of halogens is 1. The molecule has 1 aromatic rings. The van der Waals surface area contributed by atoms with Crippen molar-refractivity contribution in [1.82, 2.24) is 0 Å². The maximum absolute atomic E-state index is 3.55. The molecule has 0 nitrogen and oxygen atoms in total. The van der Waals surface area contributed by atoms with E-state index in [4.69, 9.17) is 0 Å². The molecular weight excluding hydrogens is 248 g/mol. The lowest BCUT2D eigenvalue weighted by atomic mass is 9.98. The maximum atomic E-state index is 3.55. The summed E-state index contributed by atoms with van der Waals surface area (Å²) in [5.74, 6) is 0. The van der Waals surface area contributed by atoms with Crippen molar-refractivity contribution in [1.29, 1.82) is 0 Å². The normalized spacial score (nSPS) is 10.6. The first-order valence-corrected chi connectivity index (χ1v) is 6.84. The van der Waals surface area contributed by atoms with Crippen molar-refractivity contribution in [2.75, 3.05) is 0 Å². The van der Waals surface area contributed by atoms with E-state index >= 15 is 0 Å². The third-order valence-corrected chi connectivity index (χ3v) is 3.23. The van der Waals surface area contributed by atoms with Crippen LogP contribution in [0.2, 0.25) is 0 Å². The summed E-state index contributed by atoms with van der Waals surface area (Å²) in [4.78, 5) is 0. The number of unbranched alkanes of at least 4 members (excludes halogenated alkanes) is 2. The summed E-state index contributed by atoms with van der Waals surface area (Å²) in [5, 5.41) is 0. The van der Waals surface area contributed by atoms with Gasteiger partial charge in [-0.2, -0.15) is 0 Å². The lowest BCUT2D eigenvalue weighted by molar-refractivity contribution is 0.711. The molecule has 0 aliphatic heterocycles. The topological polar surface area (TPSA) is 0 Å². The molecule has 0 spiro atoms. The first kappa shape index (κ1) is 12.8. The Bertz CT molecular complexity index is 291. The van der Waals surface area contributed by atoms with Crippen molar-refractivity contribution in [3.8, 4) is 0 Å². The van der Waals surface area contributed by atoms with E-state index in [2.05, 4.69) is 48.0 Å². The smallest absolute Gasteiger partial charge is 0.0178 e. The van der Waals surface area contributed by atoms with E-state index in [0.717, 1.165) is 0 Å². The fourth-order valence-electron chi connectivity index (χ4n) is 1.91. The van der Waals surface area contributed by atoms with Gasteiger partial charge in [0.1, 0.15) is 0 Å². The Labute approximate surface area is 102 Å².